The minimum absolute atomic E-state index is 0.0272. The molecule has 0 bridgehead atoms. The highest BCUT2D eigenvalue weighted by molar-refractivity contribution is 7.92. The Balaban J connectivity index is 1.46. The van der Waals surface area contributed by atoms with Crippen molar-refractivity contribution < 1.29 is 27.5 Å². The lowest BCUT2D eigenvalue weighted by atomic mass is 9.81. The monoisotopic (exact) mass is 703 g/mol. The van der Waals surface area contributed by atoms with Crippen LogP contribution in [0.3, 0.4) is 0 Å². The number of nitrogens with zero attached hydrogens (tertiary/aromatic N) is 4. The lowest BCUT2D eigenvalue weighted by Gasteiger charge is -2.34. The first-order chi connectivity index (χ1) is 23.5. The average molecular weight is 704 g/mol. The van der Waals surface area contributed by atoms with E-state index in [1.807, 2.05) is 69.7 Å². The van der Waals surface area contributed by atoms with Crippen LogP contribution in [0.2, 0.25) is 0 Å². The molecule has 2 aromatic carbocycles. The molecule has 1 aliphatic carbocycles. The number of benzene rings is 2. The molecule has 3 atom stereocenters. The zero-order valence-electron chi connectivity index (χ0n) is 29.8. The largest absolute Gasteiger partial charge is 0.492 e. The van der Waals surface area contributed by atoms with E-state index in [1.54, 1.807) is 36.4 Å². The highest BCUT2D eigenvalue weighted by atomic mass is 32.2. The van der Waals surface area contributed by atoms with Crippen LogP contribution < -0.4 is 24.8 Å². The van der Waals surface area contributed by atoms with Crippen molar-refractivity contribution in [2.45, 2.75) is 57.7 Å². The third kappa shape index (κ3) is 7.45. The predicted octanol–water partition coefficient (Wildman–Crippen LogP) is 5.57. The van der Waals surface area contributed by atoms with E-state index < -0.39 is 33.1 Å². The summed E-state index contributed by atoms with van der Waals surface area (Å²) >= 11 is 0. The number of anilines is 2. The zero-order chi connectivity index (χ0) is 36.6. The Morgan fingerprint density at radius 1 is 1.08 bits per heavy atom. The summed E-state index contributed by atoms with van der Waals surface area (Å²) in [6.07, 6.45) is 6.32. The highest BCUT2D eigenvalue weighted by Crippen LogP contribution is 2.40. The molecule has 266 valence electrons. The summed E-state index contributed by atoms with van der Waals surface area (Å²) in [5.74, 6) is 1.76. The Kier molecular flexibility index (Phi) is 9.99. The van der Waals surface area contributed by atoms with Crippen molar-refractivity contribution in [3.05, 3.63) is 89.4 Å². The predicted molar refractivity (Wildman–Crippen MR) is 193 cm³/mol. The molecule has 0 radical (unpaired) electrons. The van der Waals surface area contributed by atoms with Crippen molar-refractivity contribution in [2.75, 3.05) is 37.5 Å². The van der Waals surface area contributed by atoms with Gasteiger partial charge in [0.05, 0.1) is 37.0 Å². The molecule has 50 heavy (non-hydrogen) atoms. The number of fused-ring (bicyclic) bond motifs is 2. The summed E-state index contributed by atoms with van der Waals surface area (Å²) < 4.78 is 40.8. The van der Waals surface area contributed by atoms with Crippen molar-refractivity contribution in [2.24, 2.45) is 5.92 Å². The van der Waals surface area contributed by atoms with Crippen LogP contribution in [0.25, 0.3) is 5.65 Å². The van der Waals surface area contributed by atoms with Gasteiger partial charge < -0.3 is 20.1 Å². The summed E-state index contributed by atoms with van der Waals surface area (Å²) in [4.78, 5) is 28.7. The van der Waals surface area contributed by atoms with Crippen LogP contribution in [-0.2, 0) is 25.8 Å². The van der Waals surface area contributed by atoms with Crippen LogP contribution in [0, 0.1) is 5.92 Å². The van der Waals surface area contributed by atoms with E-state index in [-0.39, 0.29) is 29.1 Å². The smallest absolute Gasteiger partial charge is 0.320 e. The van der Waals surface area contributed by atoms with Gasteiger partial charge in [0, 0.05) is 5.56 Å². The van der Waals surface area contributed by atoms with Gasteiger partial charge in [0.15, 0.2) is 23.5 Å². The van der Waals surface area contributed by atoms with Crippen LogP contribution in [0.5, 0.6) is 11.5 Å². The summed E-state index contributed by atoms with van der Waals surface area (Å²) in [7, 11) is 1.73. The van der Waals surface area contributed by atoms with Crippen molar-refractivity contribution in [3.63, 3.8) is 0 Å². The molecule has 1 aliphatic rings. The molecule has 14 heteroatoms. The summed E-state index contributed by atoms with van der Waals surface area (Å²) in [6.45, 7) is 10.2. The Bertz CT molecular complexity index is 2040. The summed E-state index contributed by atoms with van der Waals surface area (Å²) in [5, 5.41) is 14.4. The molecule has 0 saturated heterocycles. The molecule has 0 saturated carbocycles. The summed E-state index contributed by atoms with van der Waals surface area (Å²) in [5.41, 5.74) is 1.10. The minimum Gasteiger partial charge on any atom is -0.492 e. The molecule has 5 rings (SSSR count). The first-order valence-corrected chi connectivity index (χ1v) is 18.1. The average Bonchev–Trinajstić information content (AvgIpc) is 3.43. The topological polar surface area (TPSA) is 156 Å². The Morgan fingerprint density at radius 3 is 2.40 bits per heavy atom. The van der Waals surface area contributed by atoms with Crippen LogP contribution in [0.1, 0.15) is 69.3 Å². The van der Waals surface area contributed by atoms with Gasteiger partial charge in [-0.05, 0) is 73.0 Å². The molecule has 3 N–H and O–H groups in total. The van der Waals surface area contributed by atoms with Crippen molar-refractivity contribution in [3.8, 4) is 11.5 Å². The van der Waals surface area contributed by atoms with E-state index in [9.17, 15) is 18.0 Å². The molecule has 0 fully saturated rings. The Morgan fingerprint density at radius 2 is 1.78 bits per heavy atom. The third-order valence-electron chi connectivity index (χ3n) is 8.57. The Hall–Kier alpha value is -4.95. The van der Waals surface area contributed by atoms with Crippen molar-refractivity contribution >= 4 is 39.4 Å². The van der Waals surface area contributed by atoms with E-state index in [0.717, 1.165) is 17.6 Å². The van der Waals surface area contributed by atoms with E-state index in [2.05, 4.69) is 44.3 Å². The zero-order valence-corrected chi connectivity index (χ0v) is 30.6. The second-order valence-electron chi connectivity index (χ2n) is 14.1. The van der Waals surface area contributed by atoms with Gasteiger partial charge in [-0.1, -0.05) is 58.9 Å². The van der Waals surface area contributed by atoms with Gasteiger partial charge in [-0.3, -0.25) is 18.8 Å². The lowest BCUT2D eigenvalue weighted by Crippen LogP contribution is -2.49. The maximum absolute atomic E-state index is 13.7. The number of aldehydes is 1. The first kappa shape index (κ1) is 36.3. The molecule has 13 nitrogen and oxygen atoms in total. The quantitative estimate of drug-likeness (QED) is 0.134. The van der Waals surface area contributed by atoms with Gasteiger partial charge in [-0.2, -0.15) is 0 Å². The molecular formula is C36H45N7O6S. The number of amides is 2. The fourth-order valence-electron chi connectivity index (χ4n) is 6.32. The number of ether oxygens (including phenoxy) is 2. The van der Waals surface area contributed by atoms with Gasteiger partial charge in [-0.25, -0.2) is 13.2 Å². The lowest BCUT2D eigenvalue weighted by molar-refractivity contribution is -0.111. The number of pyridine rings is 1. The molecule has 2 aromatic heterocycles. The number of sulfonamides is 1. The molecule has 2 heterocycles. The van der Waals surface area contributed by atoms with Gasteiger partial charge in [-0.15, -0.1) is 10.2 Å². The standard InChI is InChI=1S/C36H45N7O6S/c1-22(2)31(42(6)7)33-40-39-30-15-14-24(20-43(30)33)49-29-16-17-36(21-44,26-13-11-10-12-25(26)29)38-34(45)37-27-18-23(35(3,4)5)19-28(32(27)48-8)41-50(9,46)47/h10-22,29,31,41H,1-9H3,(H2,37,38,45)/t29-,31+,36-/m1/s1. The maximum Gasteiger partial charge on any atom is 0.320 e. The molecular weight excluding hydrogens is 659 g/mol. The first-order valence-electron chi connectivity index (χ1n) is 16.2. The molecule has 0 unspecified atom stereocenters. The van der Waals surface area contributed by atoms with E-state index in [1.165, 1.54) is 7.11 Å². The Labute approximate surface area is 293 Å². The third-order valence-corrected chi connectivity index (χ3v) is 9.16. The van der Waals surface area contributed by atoms with Crippen LogP contribution in [-0.4, -0.2) is 67.7 Å². The number of aromatic nitrogens is 3. The fraction of sp³-hybridized carbons (Fsp3) is 0.389. The maximum atomic E-state index is 13.7. The van der Waals surface area contributed by atoms with Crippen LogP contribution in [0.15, 0.2) is 66.9 Å². The van der Waals surface area contributed by atoms with Gasteiger partial charge in [0.1, 0.15) is 17.4 Å². The van der Waals surface area contributed by atoms with Gasteiger partial charge >= 0.3 is 6.03 Å². The van der Waals surface area contributed by atoms with E-state index in [0.29, 0.717) is 28.8 Å². The van der Waals surface area contributed by atoms with E-state index >= 15 is 0 Å². The second-order valence-corrected chi connectivity index (χ2v) is 15.8. The van der Waals surface area contributed by atoms with Crippen LogP contribution in [0.4, 0.5) is 16.2 Å². The number of carbonyl (C=O) groups excluding carboxylic acids is 2. The number of hydrogen-bond acceptors (Lipinski definition) is 9. The van der Waals surface area contributed by atoms with Gasteiger partial charge in [0.2, 0.25) is 10.0 Å². The summed E-state index contributed by atoms with van der Waals surface area (Å²) in [6, 6.07) is 13.6. The normalized spacial score (nSPS) is 18.1. The molecule has 0 aliphatic heterocycles. The number of methoxy groups -OCH3 is 1. The van der Waals surface area contributed by atoms with Crippen molar-refractivity contribution in [1.29, 1.82) is 0 Å². The van der Waals surface area contributed by atoms with Crippen molar-refractivity contribution in [1.82, 2.24) is 24.8 Å². The van der Waals surface area contributed by atoms with Gasteiger partial charge in [0.25, 0.3) is 0 Å². The fourth-order valence-corrected chi connectivity index (χ4v) is 6.87. The highest BCUT2D eigenvalue weighted by Gasteiger charge is 2.39. The number of rotatable bonds is 11. The molecule has 2 amide bonds. The number of carbonyl (C=O) groups is 2. The number of urea groups is 1. The minimum atomic E-state index is -3.67. The second kappa shape index (κ2) is 13.8. The number of nitrogens with one attached hydrogen (secondary N) is 3. The molecule has 0 spiro atoms. The molecule has 4 aromatic rings. The SMILES string of the molecule is COc1c(NC(=O)N[C@@]2(C=O)C=C[C@@H](Oc3ccc4nnc([C@H](C(C)C)N(C)C)n4c3)c3ccccc32)cc(C(C)(C)C)cc1NS(C)(=O)=O. The van der Waals surface area contributed by atoms with E-state index in [4.69, 9.17) is 9.47 Å². The number of hydrogen-bond donors (Lipinski definition) is 3. The van der Waals surface area contributed by atoms with Crippen LogP contribution >= 0.6 is 0 Å².